The molecular formula is C46H73N9O5. The van der Waals surface area contributed by atoms with Crippen LogP contribution in [0.2, 0.25) is 0 Å². The smallest absolute Gasteiger partial charge is 0.310 e. The normalized spacial score (nSPS) is 21.7. The highest BCUT2D eigenvalue weighted by atomic mass is 16.5. The number of ether oxygens (including phenoxy) is 2. The van der Waals surface area contributed by atoms with E-state index in [-0.39, 0.29) is 23.5 Å². The molecule has 60 heavy (non-hydrogen) atoms. The molecular weight excluding hydrogens is 759 g/mol. The highest BCUT2D eigenvalue weighted by molar-refractivity contribution is 5.87. The number of phenols is 1. The van der Waals surface area contributed by atoms with Crippen LogP contribution in [0.3, 0.4) is 0 Å². The van der Waals surface area contributed by atoms with Crippen molar-refractivity contribution in [1.29, 1.82) is 5.41 Å². The van der Waals surface area contributed by atoms with E-state index in [2.05, 4.69) is 54.5 Å². The summed E-state index contributed by atoms with van der Waals surface area (Å²) in [5.41, 5.74) is 17.0. The quantitative estimate of drug-likeness (QED) is 0.0802. The summed E-state index contributed by atoms with van der Waals surface area (Å²) < 4.78 is 12.0. The standard InChI is InChI=1S/C42H61N9O5.2C2H6/c1-6-28(4)34(40(27(2)3)42(53)54)22-38(43)55-19-17-48-15-16-49(29(5)24-48)18-20-56-39-21-30(13-14-45-39)51-31-11-12-32(51)26-50(25-31)36-23-35(46-47-41(36)44)33-9-7-8-10-37(33)52;2*1-2/h7-10,13-14,21-23,27-29,31-32,40,43,46-47,52H,6,11-12,15-20,24-26,44H2,1-5H3,(H,53,54);2*1-2H3/b34-22+,43-38?;;. The summed E-state index contributed by atoms with van der Waals surface area (Å²) in [6, 6.07) is 12.4. The number of hydrazine groups is 1. The second-order valence-electron chi connectivity index (χ2n) is 15.9. The minimum Gasteiger partial charge on any atom is -0.507 e. The van der Waals surface area contributed by atoms with E-state index in [9.17, 15) is 15.0 Å². The Kier molecular flexibility index (Phi) is 18.4. The topological polar surface area (TPSA) is 176 Å². The van der Waals surface area contributed by atoms with Crippen LogP contribution in [-0.4, -0.2) is 119 Å². The molecule has 4 aliphatic rings. The van der Waals surface area contributed by atoms with Gasteiger partial charge in [-0.3, -0.25) is 30.9 Å². The van der Waals surface area contributed by atoms with Crippen molar-refractivity contribution in [2.24, 2.45) is 23.5 Å². The number of nitrogens with two attached hydrogens (primary N) is 1. The number of carbonyl (C=O) groups is 1. The summed E-state index contributed by atoms with van der Waals surface area (Å²) in [7, 11) is 0. The van der Waals surface area contributed by atoms with E-state index in [0.29, 0.717) is 55.1 Å². The van der Waals surface area contributed by atoms with Crippen LogP contribution in [0.4, 0.5) is 5.69 Å². The van der Waals surface area contributed by atoms with Crippen LogP contribution in [0.25, 0.3) is 5.70 Å². The first-order valence-corrected chi connectivity index (χ1v) is 22.2. The van der Waals surface area contributed by atoms with Crippen LogP contribution in [0, 0.1) is 23.2 Å². The summed E-state index contributed by atoms with van der Waals surface area (Å²) >= 11 is 0. The van der Waals surface area contributed by atoms with Crippen LogP contribution >= 0.6 is 0 Å². The maximum atomic E-state index is 12.0. The van der Waals surface area contributed by atoms with Crippen molar-refractivity contribution in [2.45, 2.75) is 99.7 Å². The first kappa shape index (κ1) is 47.7. The lowest BCUT2D eigenvalue weighted by Crippen LogP contribution is -2.54. The Labute approximate surface area is 359 Å². The Bertz CT molecular complexity index is 1780. The minimum absolute atomic E-state index is 0.0267. The number of anilines is 1. The lowest BCUT2D eigenvalue weighted by atomic mass is 9.80. The molecule has 5 heterocycles. The number of fused-ring (bicyclic) bond motifs is 2. The molecule has 2 aromatic rings. The van der Waals surface area contributed by atoms with Gasteiger partial charge < -0.3 is 35.2 Å². The van der Waals surface area contributed by atoms with Crippen molar-refractivity contribution in [3.8, 4) is 11.6 Å². The predicted octanol–water partition coefficient (Wildman–Crippen LogP) is 6.48. The van der Waals surface area contributed by atoms with Gasteiger partial charge in [0.15, 0.2) is 0 Å². The number of nitrogens with zero attached hydrogens (tertiary/aromatic N) is 5. The fourth-order valence-electron chi connectivity index (χ4n) is 8.66. The predicted molar refractivity (Wildman–Crippen MR) is 242 cm³/mol. The number of para-hydroxylation sites is 1. The average molecular weight is 832 g/mol. The maximum Gasteiger partial charge on any atom is 0.310 e. The number of aromatic hydroxyl groups is 1. The molecule has 5 unspecified atom stereocenters. The third kappa shape index (κ3) is 12.1. The molecule has 0 spiro atoms. The van der Waals surface area contributed by atoms with Crippen LogP contribution in [-0.2, 0) is 9.53 Å². The number of piperazine rings is 2. The molecule has 14 heteroatoms. The molecule has 3 fully saturated rings. The number of carboxylic acids is 1. The van der Waals surface area contributed by atoms with Crippen molar-refractivity contribution >= 4 is 23.3 Å². The number of benzene rings is 1. The Morgan fingerprint density at radius 2 is 1.72 bits per heavy atom. The molecule has 7 N–H and O–H groups in total. The van der Waals surface area contributed by atoms with Gasteiger partial charge in [-0.15, -0.1) is 0 Å². The number of phenolic OH excluding ortho intramolecular Hbond substituents is 1. The fraction of sp³-hybridized carbons (Fsp3) is 0.587. The van der Waals surface area contributed by atoms with Gasteiger partial charge in [-0.25, -0.2) is 4.98 Å². The number of likely N-dealkylation sites (tertiary alicyclic amines) is 1. The second kappa shape index (κ2) is 23.2. The van der Waals surface area contributed by atoms with Gasteiger partial charge >= 0.3 is 5.97 Å². The van der Waals surface area contributed by atoms with Crippen molar-refractivity contribution in [3.05, 3.63) is 77.4 Å². The van der Waals surface area contributed by atoms with Gasteiger partial charge in [0.1, 0.15) is 24.8 Å². The van der Waals surface area contributed by atoms with Crippen LogP contribution < -0.4 is 26.2 Å². The van der Waals surface area contributed by atoms with Crippen molar-refractivity contribution in [1.82, 2.24) is 30.5 Å². The zero-order valence-electron chi connectivity index (χ0n) is 37.6. The molecule has 0 amide bonds. The first-order valence-electron chi connectivity index (χ1n) is 22.2. The molecule has 14 nitrogen and oxygen atoms in total. The second-order valence-corrected chi connectivity index (χ2v) is 15.9. The summed E-state index contributed by atoms with van der Waals surface area (Å²) in [5, 5.41) is 28.7. The van der Waals surface area contributed by atoms with E-state index in [4.69, 9.17) is 20.6 Å². The van der Waals surface area contributed by atoms with Gasteiger partial charge in [-0.1, -0.05) is 67.5 Å². The average Bonchev–Trinajstić information content (AvgIpc) is 3.51. The molecule has 0 aliphatic carbocycles. The minimum atomic E-state index is -0.853. The zero-order chi connectivity index (χ0) is 43.9. The molecule has 332 valence electrons. The third-order valence-corrected chi connectivity index (χ3v) is 11.8. The number of hydrogen-bond acceptors (Lipinski definition) is 13. The van der Waals surface area contributed by atoms with Gasteiger partial charge in [-0.2, -0.15) is 0 Å². The van der Waals surface area contributed by atoms with Gasteiger partial charge in [0.05, 0.1) is 17.3 Å². The molecule has 6 rings (SSSR count). The molecule has 0 radical (unpaired) electrons. The Balaban J connectivity index is 0.00000193. The van der Waals surface area contributed by atoms with Crippen LogP contribution in [0.15, 0.2) is 71.8 Å². The summed E-state index contributed by atoms with van der Waals surface area (Å²) in [5.74, 6) is -0.0524. The lowest BCUT2D eigenvalue weighted by molar-refractivity contribution is -0.141. The van der Waals surface area contributed by atoms with Crippen molar-refractivity contribution < 1.29 is 24.5 Å². The van der Waals surface area contributed by atoms with E-state index >= 15 is 0 Å². The highest BCUT2D eigenvalue weighted by Gasteiger charge is 2.41. The number of rotatable bonds is 16. The third-order valence-electron chi connectivity index (χ3n) is 11.8. The maximum absolute atomic E-state index is 12.0. The molecule has 3 saturated heterocycles. The molecule has 2 bridgehead atoms. The molecule has 0 saturated carbocycles. The van der Waals surface area contributed by atoms with E-state index in [1.54, 1.807) is 12.1 Å². The molecule has 5 atom stereocenters. The van der Waals surface area contributed by atoms with E-state index < -0.39 is 11.9 Å². The number of hydrogen-bond donors (Lipinski definition) is 6. The molecule has 1 aromatic carbocycles. The number of aliphatic carboxylic acids is 1. The van der Waals surface area contributed by atoms with E-state index in [0.717, 1.165) is 81.2 Å². The number of aromatic nitrogens is 1. The number of pyridine rings is 1. The zero-order valence-corrected chi connectivity index (χ0v) is 37.6. The first-order chi connectivity index (χ1) is 28.9. The Morgan fingerprint density at radius 1 is 1.02 bits per heavy atom. The SMILES string of the molecule is CC.CC.CCC(C)/C(=C\C(=N)OCCN1CCN(CCOc2cc(N3C4CCC3CN(C3=C(N)NNC(c5ccccc5O)=C3)C4)ccn2)C(C)C1)C(C(=O)O)C(C)C. The van der Waals surface area contributed by atoms with Crippen LogP contribution in [0.1, 0.15) is 87.1 Å². The van der Waals surface area contributed by atoms with Gasteiger partial charge in [0.2, 0.25) is 11.8 Å². The molecule has 4 aliphatic heterocycles. The summed E-state index contributed by atoms with van der Waals surface area (Å²) in [6.45, 7) is 24.9. The van der Waals surface area contributed by atoms with Crippen LogP contribution in [0.5, 0.6) is 11.6 Å². The van der Waals surface area contributed by atoms with Gasteiger partial charge in [-0.05, 0) is 73.9 Å². The lowest BCUT2D eigenvalue weighted by Gasteiger charge is -2.44. The number of nitrogens with one attached hydrogen (secondary N) is 3. The highest BCUT2D eigenvalue weighted by Crippen LogP contribution is 2.38. The number of carboxylic acid groups (broad SMARTS) is 1. The molecule has 1 aromatic heterocycles. The van der Waals surface area contributed by atoms with Gasteiger partial charge in [0, 0.05) is 87.5 Å². The Hall–Kier alpha value is -4.95. The summed E-state index contributed by atoms with van der Waals surface area (Å²) in [4.78, 5) is 26.2. The van der Waals surface area contributed by atoms with Crippen molar-refractivity contribution in [2.75, 3.05) is 63.9 Å². The largest absolute Gasteiger partial charge is 0.507 e. The Morgan fingerprint density at radius 3 is 2.35 bits per heavy atom. The monoisotopic (exact) mass is 832 g/mol. The van der Waals surface area contributed by atoms with E-state index in [1.807, 2.05) is 85.9 Å². The van der Waals surface area contributed by atoms with Gasteiger partial charge in [0.25, 0.3) is 0 Å². The van der Waals surface area contributed by atoms with Crippen molar-refractivity contribution in [3.63, 3.8) is 0 Å². The summed E-state index contributed by atoms with van der Waals surface area (Å²) in [6.07, 6.45) is 8.49. The fourth-order valence-corrected chi connectivity index (χ4v) is 8.66. The van der Waals surface area contributed by atoms with E-state index in [1.165, 1.54) is 0 Å². The number of allylic oxidation sites excluding steroid dienone is 1.